The molecule has 0 fully saturated rings. The number of carbonyl (C=O) groups is 1. The fourth-order valence-electron chi connectivity index (χ4n) is 3.53. The van der Waals surface area contributed by atoms with Crippen molar-refractivity contribution in [3.8, 4) is 22.6 Å². The van der Waals surface area contributed by atoms with Crippen LogP contribution in [0.2, 0.25) is 0 Å². The van der Waals surface area contributed by atoms with Crippen molar-refractivity contribution in [3.05, 3.63) is 59.8 Å². The second kappa shape index (κ2) is 10.0. The zero-order valence-corrected chi connectivity index (χ0v) is 18.3. The first-order valence-corrected chi connectivity index (χ1v) is 10.9. The Balaban J connectivity index is 1.56. The lowest BCUT2D eigenvalue weighted by Crippen LogP contribution is -2.06. The zero-order chi connectivity index (χ0) is 22.3. The minimum absolute atomic E-state index is 0.0179. The molecule has 164 valence electrons. The number of nitrogens with one attached hydrogen (secondary N) is 1. The summed E-state index contributed by atoms with van der Waals surface area (Å²) in [6.45, 7) is 4.91. The number of carbonyl (C=O) groups excluding carboxylic acids is 1. The maximum atomic E-state index is 12.4. The van der Waals surface area contributed by atoms with Crippen molar-refractivity contribution >= 4 is 5.78 Å². The van der Waals surface area contributed by atoms with Gasteiger partial charge in [0.05, 0.1) is 0 Å². The van der Waals surface area contributed by atoms with Crippen molar-refractivity contribution in [1.29, 1.82) is 0 Å². The largest absolute Gasteiger partial charge is 0.291 e. The quantitative estimate of drug-likeness (QED) is 0.379. The molecule has 1 N–H and O–H groups in total. The molecule has 9 heteroatoms. The first-order chi connectivity index (χ1) is 15.7. The molecule has 0 saturated carbocycles. The van der Waals surface area contributed by atoms with Crippen molar-refractivity contribution in [2.45, 2.75) is 52.5 Å². The highest BCUT2D eigenvalue weighted by Crippen LogP contribution is 2.28. The lowest BCUT2D eigenvalue weighted by molar-refractivity contribution is 0.0969. The van der Waals surface area contributed by atoms with Gasteiger partial charge in [-0.2, -0.15) is 0 Å². The van der Waals surface area contributed by atoms with E-state index in [1.165, 1.54) is 0 Å². The highest BCUT2D eigenvalue weighted by Gasteiger charge is 2.16. The summed E-state index contributed by atoms with van der Waals surface area (Å²) in [6, 6.07) is 12.1. The molecule has 3 aromatic heterocycles. The number of unbranched alkanes of at least 4 members (excludes halogenated alkanes) is 1. The predicted octanol–water partition coefficient (Wildman–Crippen LogP) is 3.89. The van der Waals surface area contributed by atoms with Gasteiger partial charge >= 0.3 is 0 Å². The molecule has 1 aromatic carbocycles. The Morgan fingerprint density at radius 2 is 1.94 bits per heavy atom. The molecule has 3 heterocycles. The van der Waals surface area contributed by atoms with E-state index in [0.29, 0.717) is 30.2 Å². The zero-order valence-electron chi connectivity index (χ0n) is 18.3. The fraction of sp³-hybridized carbons (Fsp3) is 0.348. The highest BCUT2D eigenvalue weighted by molar-refractivity contribution is 5.92. The maximum absolute atomic E-state index is 12.4. The van der Waals surface area contributed by atoms with Crippen molar-refractivity contribution in [2.75, 3.05) is 0 Å². The van der Waals surface area contributed by atoms with Crippen molar-refractivity contribution in [3.63, 3.8) is 0 Å². The van der Waals surface area contributed by atoms with E-state index in [9.17, 15) is 4.79 Å². The van der Waals surface area contributed by atoms with Crippen LogP contribution in [-0.2, 0) is 13.0 Å². The molecule has 0 spiro atoms. The third-order valence-corrected chi connectivity index (χ3v) is 5.20. The smallest absolute Gasteiger partial charge is 0.217 e. The van der Waals surface area contributed by atoms with E-state index >= 15 is 0 Å². The maximum Gasteiger partial charge on any atom is 0.217 e. The van der Waals surface area contributed by atoms with Gasteiger partial charge in [-0.05, 0) is 40.5 Å². The lowest BCUT2D eigenvalue weighted by atomic mass is 10.0. The van der Waals surface area contributed by atoms with Crippen LogP contribution >= 0.6 is 0 Å². The van der Waals surface area contributed by atoms with Crippen LogP contribution in [0.25, 0.3) is 22.6 Å². The number of aryl methyl sites for hydroxylation is 1. The molecule has 0 amide bonds. The number of tetrazole rings is 1. The molecule has 0 aliphatic heterocycles. The van der Waals surface area contributed by atoms with E-state index in [0.717, 1.165) is 48.3 Å². The molecule has 32 heavy (non-hydrogen) atoms. The lowest BCUT2D eigenvalue weighted by Gasteiger charge is -2.08. The van der Waals surface area contributed by atoms with E-state index < -0.39 is 0 Å². The molecular weight excluding hydrogens is 404 g/mol. The number of pyridine rings is 1. The first kappa shape index (κ1) is 21.5. The van der Waals surface area contributed by atoms with E-state index in [2.05, 4.69) is 61.7 Å². The van der Waals surface area contributed by atoms with E-state index in [1.54, 1.807) is 6.20 Å². The summed E-state index contributed by atoms with van der Waals surface area (Å²) in [5, 5.41) is 18.5. The number of hydrogen-bond acceptors (Lipinski definition) is 7. The molecule has 9 nitrogen and oxygen atoms in total. The number of aromatic nitrogens is 8. The van der Waals surface area contributed by atoms with Gasteiger partial charge in [-0.1, -0.05) is 50.6 Å². The summed E-state index contributed by atoms with van der Waals surface area (Å²) in [6.07, 6.45) is 5.59. The number of nitrogens with zero attached hydrogens (tertiary/aromatic N) is 7. The average molecular weight is 431 g/mol. The fourth-order valence-corrected chi connectivity index (χ4v) is 3.53. The average Bonchev–Trinajstić information content (AvgIpc) is 3.49. The number of ketones is 1. The first-order valence-electron chi connectivity index (χ1n) is 10.9. The molecular formula is C23H26N8O. The van der Waals surface area contributed by atoms with Gasteiger partial charge in [-0.25, -0.2) is 14.8 Å². The normalized spacial score (nSPS) is 11.1. The van der Waals surface area contributed by atoms with E-state index in [-0.39, 0.29) is 5.78 Å². The number of H-pyrrole nitrogens is 1. The Morgan fingerprint density at radius 3 is 2.66 bits per heavy atom. The van der Waals surface area contributed by atoms with Crippen LogP contribution in [-0.4, -0.2) is 46.2 Å². The van der Waals surface area contributed by atoms with Crippen LogP contribution in [0.4, 0.5) is 0 Å². The summed E-state index contributed by atoms with van der Waals surface area (Å²) >= 11 is 0. The Hall–Kier alpha value is -3.75. The molecule has 0 unspecified atom stereocenters. The van der Waals surface area contributed by atoms with Gasteiger partial charge in [-0.15, -0.1) is 10.2 Å². The van der Waals surface area contributed by atoms with Crippen molar-refractivity contribution < 1.29 is 4.79 Å². The van der Waals surface area contributed by atoms with Crippen LogP contribution in [0.15, 0.2) is 42.6 Å². The molecule has 4 rings (SSSR count). The van der Waals surface area contributed by atoms with Gasteiger partial charge in [0.25, 0.3) is 0 Å². The minimum Gasteiger partial charge on any atom is -0.291 e. The molecule has 0 atom stereocenters. The molecule has 0 bridgehead atoms. The Labute approximate surface area is 186 Å². The monoisotopic (exact) mass is 430 g/mol. The Morgan fingerprint density at radius 1 is 1.09 bits per heavy atom. The number of hydrogen-bond donors (Lipinski definition) is 1. The second-order valence-electron chi connectivity index (χ2n) is 7.62. The highest BCUT2D eigenvalue weighted by atomic mass is 16.1. The standard InChI is InChI=1S/C23H26N8O/c1-3-5-8-19(32)22-25-20(31(28-22)14-4-2)15-16-9-11-17(12-10-16)18-7-6-13-24-21(18)23-26-29-30-27-23/h6-7,9-13H,3-5,8,14-15H2,1-2H3,(H,26,27,29,30). The molecule has 0 aliphatic rings. The summed E-state index contributed by atoms with van der Waals surface area (Å²) in [5.41, 5.74) is 3.75. The van der Waals surface area contributed by atoms with Crippen molar-refractivity contribution in [2.24, 2.45) is 0 Å². The van der Waals surface area contributed by atoms with Gasteiger partial charge in [0.1, 0.15) is 11.5 Å². The Bertz CT molecular complexity index is 1170. The van der Waals surface area contributed by atoms with Crippen LogP contribution in [0.5, 0.6) is 0 Å². The number of Topliss-reactive ketones (excluding diaryl/α,β-unsaturated/α-hetero) is 1. The molecule has 4 aromatic rings. The third-order valence-electron chi connectivity index (χ3n) is 5.20. The molecule has 0 radical (unpaired) electrons. The third kappa shape index (κ3) is 4.77. The van der Waals surface area contributed by atoms with Gasteiger partial charge in [0.15, 0.2) is 5.82 Å². The van der Waals surface area contributed by atoms with Gasteiger partial charge in [0, 0.05) is 31.1 Å². The SMILES string of the molecule is CCCCC(=O)c1nc(Cc2ccc(-c3cccnc3-c3nnn[nH]3)cc2)n(CCC)n1. The van der Waals surface area contributed by atoms with E-state index in [4.69, 9.17) is 0 Å². The number of aromatic amines is 1. The van der Waals surface area contributed by atoms with E-state index in [1.807, 2.05) is 28.9 Å². The topological polar surface area (TPSA) is 115 Å². The molecule has 0 saturated heterocycles. The minimum atomic E-state index is 0.0179. The number of benzene rings is 1. The summed E-state index contributed by atoms with van der Waals surface area (Å²) in [5.74, 6) is 1.69. The Kier molecular flexibility index (Phi) is 6.74. The van der Waals surface area contributed by atoms with Crippen LogP contribution in [0.1, 0.15) is 61.5 Å². The summed E-state index contributed by atoms with van der Waals surface area (Å²) in [4.78, 5) is 21.4. The van der Waals surface area contributed by atoms with Crippen LogP contribution < -0.4 is 0 Å². The molecule has 0 aliphatic carbocycles. The summed E-state index contributed by atoms with van der Waals surface area (Å²) in [7, 11) is 0. The predicted molar refractivity (Wildman–Crippen MR) is 120 cm³/mol. The van der Waals surface area contributed by atoms with Gasteiger partial charge < -0.3 is 0 Å². The van der Waals surface area contributed by atoms with Gasteiger partial charge in [-0.3, -0.25) is 9.78 Å². The van der Waals surface area contributed by atoms with Crippen LogP contribution in [0.3, 0.4) is 0 Å². The second-order valence-corrected chi connectivity index (χ2v) is 7.62. The van der Waals surface area contributed by atoms with Crippen LogP contribution in [0, 0.1) is 0 Å². The van der Waals surface area contributed by atoms with Crippen molar-refractivity contribution in [1.82, 2.24) is 40.4 Å². The summed E-state index contributed by atoms with van der Waals surface area (Å²) < 4.78 is 1.86. The number of rotatable bonds is 10. The van der Waals surface area contributed by atoms with Gasteiger partial charge in [0.2, 0.25) is 11.6 Å².